The number of ether oxygens (including phenoxy) is 2. The third-order valence-electron chi connectivity index (χ3n) is 5.35. The highest BCUT2D eigenvalue weighted by Gasteiger charge is 2.34. The van der Waals surface area contributed by atoms with E-state index in [1.807, 2.05) is 18.3 Å². The van der Waals surface area contributed by atoms with E-state index in [2.05, 4.69) is 43.1 Å². The Balaban J connectivity index is 1.46. The summed E-state index contributed by atoms with van der Waals surface area (Å²) in [6.45, 7) is 5.92. The van der Waals surface area contributed by atoms with Gasteiger partial charge < -0.3 is 14.6 Å². The molecule has 2 aromatic rings. The Morgan fingerprint density at radius 3 is 2.84 bits per heavy atom. The molecule has 1 aromatic heterocycles. The summed E-state index contributed by atoms with van der Waals surface area (Å²) in [5.41, 5.74) is 2.42. The van der Waals surface area contributed by atoms with Crippen molar-refractivity contribution in [2.45, 2.75) is 49.8 Å². The third kappa shape index (κ3) is 7.31. The van der Waals surface area contributed by atoms with Crippen LogP contribution in [0.3, 0.4) is 0 Å². The number of hydrogen-bond donors (Lipinski definition) is 1. The zero-order valence-corrected chi connectivity index (χ0v) is 19.1. The predicted molar refractivity (Wildman–Crippen MR) is 122 cm³/mol. The van der Waals surface area contributed by atoms with Crippen molar-refractivity contribution in [3.63, 3.8) is 0 Å². The number of rotatable bonds is 10. The second kappa shape index (κ2) is 12.2. The van der Waals surface area contributed by atoms with Crippen LogP contribution in [0.4, 0.5) is 0 Å². The lowest BCUT2D eigenvalue weighted by atomic mass is 10.0. The molecule has 0 amide bonds. The van der Waals surface area contributed by atoms with Crippen LogP contribution in [0.5, 0.6) is 0 Å². The van der Waals surface area contributed by atoms with Gasteiger partial charge in [0.1, 0.15) is 12.3 Å². The van der Waals surface area contributed by atoms with E-state index in [1.165, 1.54) is 5.56 Å². The van der Waals surface area contributed by atoms with Gasteiger partial charge in [0.25, 0.3) is 0 Å². The minimum Gasteiger partial charge on any atom is -0.464 e. The highest BCUT2D eigenvalue weighted by Crippen LogP contribution is 2.24. The topological polar surface area (TPSA) is 71.9 Å². The number of pyridine rings is 1. The molecule has 1 aliphatic rings. The maximum Gasteiger partial charge on any atom is 0.325 e. The monoisotopic (exact) mass is 444 g/mol. The summed E-state index contributed by atoms with van der Waals surface area (Å²) in [5, 5.41) is 10.8. The Hall–Kier alpha value is -1.93. The molecule has 6 nitrogen and oxygen atoms in total. The summed E-state index contributed by atoms with van der Waals surface area (Å²) < 4.78 is 11.0. The molecule has 0 bridgehead atoms. The molecule has 1 fully saturated rings. The molecule has 0 radical (unpaired) electrons. The van der Waals surface area contributed by atoms with E-state index < -0.39 is 12.3 Å². The number of carbonyl (C=O) groups is 1. The molecule has 2 heterocycles. The summed E-state index contributed by atoms with van der Waals surface area (Å²) >= 11 is 1.58. The summed E-state index contributed by atoms with van der Waals surface area (Å²) in [5.74, 6) is 0.636. The summed E-state index contributed by atoms with van der Waals surface area (Å²) in [6.07, 6.45) is 4.36. The number of hydrogen-bond acceptors (Lipinski definition) is 7. The van der Waals surface area contributed by atoms with Crippen LogP contribution < -0.4 is 0 Å². The molecule has 3 rings (SSSR count). The number of aliphatic hydroxyl groups is 1. The fourth-order valence-electron chi connectivity index (χ4n) is 3.48. The summed E-state index contributed by atoms with van der Waals surface area (Å²) in [4.78, 5) is 19.6. The van der Waals surface area contributed by atoms with E-state index in [0.29, 0.717) is 31.4 Å². The highest BCUT2D eigenvalue weighted by molar-refractivity contribution is 7.99. The Bertz CT molecular complexity index is 801. The fraction of sp³-hybridized carbons (Fsp3) is 0.500. The fourth-order valence-corrected chi connectivity index (χ4v) is 4.34. The van der Waals surface area contributed by atoms with E-state index >= 15 is 0 Å². The van der Waals surface area contributed by atoms with Crippen LogP contribution in [0.15, 0.2) is 53.7 Å². The van der Waals surface area contributed by atoms with Crippen molar-refractivity contribution in [1.29, 1.82) is 0 Å². The van der Waals surface area contributed by atoms with Gasteiger partial charge in [0.2, 0.25) is 0 Å². The van der Waals surface area contributed by atoms with Crippen LogP contribution in [-0.2, 0) is 20.7 Å². The molecule has 0 spiro atoms. The van der Waals surface area contributed by atoms with Crippen molar-refractivity contribution in [2.24, 2.45) is 0 Å². The first-order valence-electron chi connectivity index (χ1n) is 10.8. The number of benzene rings is 1. The standard InChI is InChI=1S/C24H32N2O4S/c1-18(2)20-7-9-21(10-8-20)31-17-23(27)26-12-14-29-16-22(26)24(28)30-13-4-6-19-5-3-11-25-15-19/h3,5,7-11,15,18,22-23,27H,4,6,12-14,16-17H2,1-2H3. The minimum absolute atomic E-state index is 0.242. The first-order chi connectivity index (χ1) is 15.0. The van der Waals surface area contributed by atoms with Crippen molar-refractivity contribution in [1.82, 2.24) is 9.88 Å². The zero-order chi connectivity index (χ0) is 22.1. The second-order valence-electron chi connectivity index (χ2n) is 7.98. The van der Waals surface area contributed by atoms with Crippen LogP contribution >= 0.6 is 11.8 Å². The van der Waals surface area contributed by atoms with Crippen LogP contribution in [0, 0.1) is 0 Å². The van der Waals surface area contributed by atoms with Gasteiger partial charge in [0.05, 0.1) is 19.8 Å². The van der Waals surface area contributed by atoms with E-state index in [9.17, 15) is 9.90 Å². The van der Waals surface area contributed by atoms with Crippen molar-refractivity contribution < 1.29 is 19.4 Å². The molecule has 2 atom stereocenters. The SMILES string of the molecule is CC(C)c1ccc(SCC(O)N2CCOCC2C(=O)OCCCc2cccnc2)cc1. The van der Waals surface area contributed by atoms with Crippen LogP contribution in [-0.4, -0.2) is 65.3 Å². The van der Waals surface area contributed by atoms with Gasteiger partial charge >= 0.3 is 5.97 Å². The number of thioether (sulfide) groups is 1. The molecule has 2 unspecified atom stereocenters. The maximum absolute atomic E-state index is 12.6. The van der Waals surface area contributed by atoms with Gasteiger partial charge in [-0.1, -0.05) is 32.0 Å². The van der Waals surface area contributed by atoms with Gasteiger partial charge in [-0.15, -0.1) is 11.8 Å². The van der Waals surface area contributed by atoms with Crippen molar-refractivity contribution in [3.8, 4) is 0 Å². The molecule has 7 heteroatoms. The Morgan fingerprint density at radius 2 is 2.13 bits per heavy atom. The first kappa shape index (κ1) is 23.7. The average molecular weight is 445 g/mol. The van der Waals surface area contributed by atoms with Crippen molar-refractivity contribution >= 4 is 17.7 Å². The molecule has 168 valence electrons. The lowest BCUT2D eigenvalue weighted by molar-refractivity contribution is -0.164. The molecule has 31 heavy (non-hydrogen) atoms. The quantitative estimate of drug-likeness (QED) is 0.342. The molecule has 1 N–H and O–H groups in total. The van der Waals surface area contributed by atoms with Crippen LogP contribution in [0.1, 0.15) is 37.3 Å². The van der Waals surface area contributed by atoms with Crippen molar-refractivity contribution in [3.05, 3.63) is 59.9 Å². The largest absolute Gasteiger partial charge is 0.464 e. The number of esters is 1. The molecule has 0 aliphatic carbocycles. The van der Waals surface area contributed by atoms with Crippen LogP contribution in [0.2, 0.25) is 0 Å². The van der Waals surface area contributed by atoms with Crippen LogP contribution in [0.25, 0.3) is 0 Å². The highest BCUT2D eigenvalue weighted by atomic mass is 32.2. The third-order valence-corrected chi connectivity index (χ3v) is 6.42. The average Bonchev–Trinajstić information content (AvgIpc) is 2.81. The van der Waals surface area contributed by atoms with Crippen molar-refractivity contribution in [2.75, 3.05) is 32.1 Å². The number of aryl methyl sites for hydroxylation is 1. The molecule has 1 aromatic carbocycles. The zero-order valence-electron chi connectivity index (χ0n) is 18.3. The number of morpholine rings is 1. The molecule has 1 aliphatic heterocycles. The van der Waals surface area contributed by atoms with E-state index in [1.54, 1.807) is 22.9 Å². The number of carbonyl (C=O) groups excluding carboxylic acids is 1. The Kier molecular flexibility index (Phi) is 9.33. The van der Waals surface area contributed by atoms with Gasteiger partial charge in [-0.2, -0.15) is 0 Å². The lowest BCUT2D eigenvalue weighted by Crippen LogP contribution is -2.55. The molecule has 1 saturated heterocycles. The number of aliphatic hydroxyl groups excluding tert-OH is 1. The summed E-state index contributed by atoms with van der Waals surface area (Å²) in [6, 6.07) is 11.7. The minimum atomic E-state index is -0.744. The van der Waals surface area contributed by atoms with Gasteiger partial charge in [-0.05, 0) is 48.1 Å². The lowest BCUT2D eigenvalue weighted by Gasteiger charge is -2.37. The van der Waals surface area contributed by atoms with Gasteiger partial charge in [-0.3, -0.25) is 14.7 Å². The smallest absolute Gasteiger partial charge is 0.325 e. The van der Waals surface area contributed by atoms with Gasteiger partial charge in [0.15, 0.2) is 0 Å². The number of nitrogens with zero attached hydrogens (tertiary/aromatic N) is 2. The summed E-state index contributed by atoms with van der Waals surface area (Å²) in [7, 11) is 0. The van der Waals surface area contributed by atoms with Gasteiger partial charge in [-0.25, -0.2) is 0 Å². The van der Waals surface area contributed by atoms with E-state index in [-0.39, 0.29) is 12.6 Å². The Morgan fingerprint density at radius 1 is 1.32 bits per heavy atom. The van der Waals surface area contributed by atoms with E-state index in [0.717, 1.165) is 23.3 Å². The molecular weight excluding hydrogens is 412 g/mol. The van der Waals surface area contributed by atoms with E-state index in [4.69, 9.17) is 9.47 Å². The van der Waals surface area contributed by atoms with Gasteiger partial charge in [0, 0.05) is 29.6 Å². The first-order valence-corrected chi connectivity index (χ1v) is 11.8. The molecule has 0 saturated carbocycles. The second-order valence-corrected chi connectivity index (χ2v) is 9.07. The number of aromatic nitrogens is 1. The molecular formula is C24H32N2O4S. The normalized spacial score (nSPS) is 18.1. The predicted octanol–water partition coefficient (Wildman–Crippen LogP) is 3.49. The Labute approximate surface area is 189 Å². The maximum atomic E-state index is 12.6.